The molecule has 2 aromatic carbocycles. The van der Waals surface area contributed by atoms with E-state index in [9.17, 15) is 5.26 Å². The van der Waals surface area contributed by atoms with E-state index in [-0.39, 0.29) is 5.15 Å². The van der Waals surface area contributed by atoms with Gasteiger partial charge in [0.25, 0.3) is 0 Å². The standard InChI is InChI=1S/C19H12Cl2N2/c1-12-2-4-14(5-3-12)18-10-16(17(11-22)19(21)23-18)13-6-8-15(20)9-7-13/h2-10H,1H3. The van der Waals surface area contributed by atoms with Crippen molar-refractivity contribution in [2.24, 2.45) is 0 Å². The fourth-order valence-electron chi connectivity index (χ4n) is 2.35. The number of pyridine rings is 1. The van der Waals surface area contributed by atoms with Crippen LogP contribution < -0.4 is 0 Å². The summed E-state index contributed by atoms with van der Waals surface area (Å²) < 4.78 is 0. The summed E-state index contributed by atoms with van der Waals surface area (Å²) in [6.45, 7) is 2.03. The average molecular weight is 339 g/mol. The normalized spacial score (nSPS) is 10.3. The first-order chi connectivity index (χ1) is 11.1. The molecular formula is C19H12Cl2N2. The number of aromatic nitrogens is 1. The van der Waals surface area contributed by atoms with Crippen LogP contribution in [0.3, 0.4) is 0 Å². The van der Waals surface area contributed by atoms with E-state index in [0.717, 1.165) is 22.4 Å². The van der Waals surface area contributed by atoms with Gasteiger partial charge in [-0.3, -0.25) is 0 Å². The van der Waals surface area contributed by atoms with Gasteiger partial charge >= 0.3 is 0 Å². The second kappa shape index (κ2) is 6.42. The van der Waals surface area contributed by atoms with Crippen LogP contribution in [0.5, 0.6) is 0 Å². The van der Waals surface area contributed by atoms with Gasteiger partial charge in [0.2, 0.25) is 0 Å². The quantitative estimate of drug-likeness (QED) is 0.545. The third-order valence-corrected chi connectivity index (χ3v) is 4.12. The Morgan fingerprint density at radius 1 is 0.913 bits per heavy atom. The molecule has 0 fully saturated rings. The molecule has 0 unspecified atom stereocenters. The Hall–Kier alpha value is -2.34. The predicted octanol–water partition coefficient (Wildman–Crippen LogP) is 5.90. The summed E-state index contributed by atoms with van der Waals surface area (Å²) in [7, 11) is 0. The van der Waals surface area contributed by atoms with Gasteiger partial charge in [-0.1, -0.05) is 65.2 Å². The third-order valence-electron chi connectivity index (χ3n) is 3.59. The molecule has 1 heterocycles. The van der Waals surface area contributed by atoms with Gasteiger partial charge in [-0.2, -0.15) is 5.26 Å². The lowest BCUT2D eigenvalue weighted by Crippen LogP contribution is -1.93. The summed E-state index contributed by atoms with van der Waals surface area (Å²) in [5, 5.41) is 10.3. The molecule has 0 N–H and O–H groups in total. The fraction of sp³-hybridized carbons (Fsp3) is 0.0526. The zero-order valence-corrected chi connectivity index (χ0v) is 13.9. The van der Waals surface area contributed by atoms with Crippen LogP contribution in [0.2, 0.25) is 10.2 Å². The monoisotopic (exact) mass is 338 g/mol. The van der Waals surface area contributed by atoms with Crippen LogP contribution in [-0.4, -0.2) is 4.98 Å². The van der Waals surface area contributed by atoms with E-state index in [0.29, 0.717) is 10.6 Å². The van der Waals surface area contributed by atoms with Gasteiger partial charge in [-0.15, -0.1) is 0 Å². The summed E-state index contributed by atoms with van der Waals surface area (Å²) in [4.78, 5) is 4.36. The topological polar surface area (TPSA) is 36.7 Å². The first kappa shape index (κ1) is 15.6. The van der Waals surface area contributed by atoms with Crippen LogP contribution in [0.4, 0.5) is 0 Å². The van der Waals surface area contributed by atoms with Gasteiger partial charge in [-0.25, -0.2) is 4.98 Å². The molecule has 0 aliphatic heterocycles. The van der Waals surface area contributed by atoms with Crippen molar-refractivity contribution in [3.05, 3.63) is 75.9 Å². The highest BCUT2D eigenvalue weighted by molar-refractivity contribution is 6.31. The molecule has 1 aromatic heterocycles. The fourth-order valence-corrected chi connectivity index (χ4v) is 2.71. The van der Waals surface area contributed by atoms with Crippen molar-refractivity contribution in [1.82, 2.24) is 4.98 Å². The third kappa shape index (κ3) is 3.22. The molecule has 2 nitrogen and oxygen atoms in total. The lowest BCUT2D eigenvalue weighted by Gasteiger charge is -2.10. The van der Waals surface area contributed by atoms with Crippen molar-refractivity contribution in [1.29, 1.82) is 5.26 Å². The maximum atomic E-state index is 9.41. The van der Waals surface area contributed by atoms with E-state index < -0.39 is 0 Å². The number of benzene rings is 2. The van der Waals surface area contributed by atoms with Gasteiger partial charge in [0, 0.05) is 16.1 Å². The number of halogens is 2. The molecule has 0 amide bonds. The smallest absolute Gasteiger partial charge is 0.148 e. The van der Waals surface area contributed by atoms with E-state index in [1.165, 1.54) is 5.56 Å². The van der Waals surface area contributed by atoms with Crippen molar-refractivity contribution in [3.8, 4) is 28.5 Å². The lowest BCUT2D eigenvalue weighted by atomic mass is 9.99. The van der Waals surface area contributed by atoms with Gasteiger partial charge in [0.15, 0.2) is 0 Å². The molecule has 3 aromatic rings. The molecule has 0 saturated heterocycles. The second-order valence-electron chi connectivity index (χ2n) is 5.21. The van der Waals surface area contributed by atoms with Crippen molar-refractivity contribution >= 4 is 23.2 Å². The summed E-state index contributed by atoms with van der Waals surface area (Å²) in [5.41, 5.74) is 4.86. The van der Waals surface area contributed by atoms with Gasteiger partial charge in [-0.05, 0) is 30.7 Å². The van der Waals surface area contributed by atoms with E-state index in [4.69, 9.17) is 23.2 Å². The Bertz CT molecular complexity index is 892. The van der Waals surface area contributed by atoms with E-state index in [1.54, 1.807) is 12.1 Å². The average Bonchev–Trinajstić information content (AvgIpc) is 2.55. The Kier molecular flexibility index (Phi) is 4.34. The van der Waals surface area contributed by atoms with Gasteiger partial charge < -0.3 is 0 Å². The Labute approximate surface area is 144 Å². The molecule has 0 atom stereocenters. The van der Waals surface area contributed by atoms with E-state index in [2.05, 4.69) is 11.1 Å². The van der Waals surface area contributed by atoms with Crippen LogP contribution >= 0.6 is 23.2 Å². The number of hydrogen-bond donors (Lipinski definition) is 0. The highest BCUT2D eigenvalue weighted by Gasteiger charge is 2.14. The molecule has 0 bridgehead atoms. The number of nitrogens with zero attached hydrogens (tertiary/aromatic N) is 2. The minimum absolute atomic E-state index is 0.204. The minimum atomic E-state index is 0.204. The zero-order chi connectivity index (χ0) is 16.4. The molecule has 0 saturated carbocycles. The number of nitriles is 1. The lowest BCUT2D eigenvalue weighted by molar-refractivity contribution is 1.30. The van der Waals surface area contributed by atoms with Crippen LogP contribution in [0.1, 0.15) is 11.1 Å². The molecule has 0 aliphatic carbocycles. The molecule has 23 heavy (non-hydrogen) atoms. The van der Waals surface area contributed by atoms with Crippen molar-refractivity contribution in [2.75, 3.05) is 0 Å². The summed E-state index contributed by atoms with van der Waals surface area (Å²) >= 11 is 12.2. The molecule has 0 aliphatic rings. The molecule has 0 radical (unpaired) electrons. The molecule has 0 spiro atoms. The van der Waals surface area contributed by atoms with Gasteiger partial charge in [0.1, 0.15) is 11.2 Å². The van der Waals surface area contributed by atoms with Crippen LogP contribution in [0.25, 0.3) is 22.4 Å². The Morgan fingerprint density at radius 2 is 1.52 bits per heavy atom. The maximum Gasteiger partial charge on any atom is 0.148 e. The first-order valence-corrected chi connectivity index (χ1v) is 7.77. The van der Waals surface area contributed by atoms with Crippen LogP contribution in [0, 0.1) is 18.3 Å². The van der Waals surface area contributed by atoms with Crippen LogP contribution in [-0.2, 0) is 0 Å². The zero-order valence-electron chi connectivity index (χ0n) is 12.3. The summed E-state index contributed by atoms with van der Waals surface area (Å²) in [6.07, 6.45) is 0. The van der Waals surface area contributed by atoms with Crippen molar-refractivity contribution in [3.63, 3.8) is 0 Å². The number of rotatable bonds is 2. The van der Waals surface area contributed by atoms with Crippen LogP contribution in [0.15, 0.2) is 54.6 Å². The molecular weight excluding hydrogens is 327 g/mol. The maximum absolute atomic E-state index is 9.41. The van der Waals surface area contributed by atoms with E-state index in [1.807, 2.05) is 49.4 Å². The first-order valence-electron chi connectivity index (χ1n) is 7.02. The summed E-state index contributed by atoms with van der Waals surface area (Å²) in [5.74, 6) is 0. The molecule has 3 rings (SSSR count). The summed E-state index contributed by atoms with van der Waals surface area (Å²) in [6, 6.07) is 19.4. The molecule has 4 heteroatoms. The van der Waals surface area contributed by atoms with Crippen molar-refractivity contribution in [2.45, 2.75) is 6.92 Å². The second-order valence-corrected chi connectivity index (χ2v) is 6.00. The van der Waals surface area contributed by atoms with E-state index >= 15 is 0 Å². The van der Waals surface area contributed by atoms with Gasteiger partial charge in [0.05, 0.1) is 11.3 Å². The SMILES string of the molecule is Cc1ccc(-c2cc(-c3ccc(Cl)cc3)c(C#N)c(Cl)n2)cc1. The minimum Gasteiger partial charge on any atom is -0.235 e. The highest BCUT2D eigenvalue weighted by Crippen LogP contribution is 2.32. The number of hydrogen-bond acceptors (Lipinski definition) is 2. The van der Waals surface area contributed by atoms with Crippen molar-refractivity contribution < 1.29 is 0 Å². The Balaban J connectivity index is 2.20. The Morgan fingerprint density at radius 3 is 2.13 bits per heavy atom. The highest BCUT2D eigenvalue weighted by atomic mass is 35.5. The largest absolute Gasteiger partial charge is 0.235 e. The molecule has 112 valence electrons. The predicted molar refractivity (Wildman–Crippen MR) is 94.6 cm³/mol. The number of aryl methyl sites for hydroxylation is 1.